The number of methoxy groups -OCH3 is 1. The van der Waals surface area contributed by atoms with E-state index < -0.39 is 18.0 Å². The summed E-state index contributed by atoms with van der Waals surface area (Å²) >= 11 is 1.46. The molecule has 0 spiro atoms. The molecule has 2 N–H and O–H groups in total. The van der Waals surface area contributed by atoms with Crippen molar-refractivity contribution in [1.29, 1.82) is 0 Å². The summed E-state index contributed by atoms with van der Waals surface area (Å²) in [6, 6.07) is 8.00. The van der Waals surface area contributed by atoms with Crippen LogP contribution in [0.1, 0.15) is 17.3 Å². The quantitative estimate of drug-likeness (QED) is 0.649. The summed E-state index contributed by atoms with van der Waals surface area (Å²) in [4.78, 5) is 29.3. The molecule has 0 aliphatic carbocycles. The van der Waals surface area contributed by atoms with Crippen molar-refractivity contribution in [3.05, 3.63) is 59.2 Å². The first kappa shape index (κ1) is 17.6. The second-order valence-electron chi connectivity index (χ2n) is 5.27. The first-order valence-corrected chi connectivity index (χ1v) is 8.68. The fraction of sp³-hybridized carbons (Fsp3) is 0.176. The molecule has 0 aromatic carbocycles. The zero-order chi connectivity index (χ0) is 18.4. The summed E-state index contributed by atoms with van der Waals surface area (Å²) in [5, 5.41) is 11.6. The van der Waals surface area contributed by atoms with Crippen LogP contribution >= 0.6 is 11.3 Å². The molecule has 3 aromatic rings. The van der Waals surface area contributed by atoms with Crippen molar-refractivity contribution in [3.8, 4) is 5.82 Å². The van der Waals surface area contributed by atoms with Gasteiger partial charge in [-0.05, 0) is 29.6 Å². The average Bonchev–Trinajstić information content (AvgIpc) is 3.35. The second kappa shape index (κ2) is 8.26. The van der Waals surface area contributed by atoms with Crippen LogP contribution in [-0.4, -0.2) is 33.9 Å². The summed E-state index contributed by atoms with van der Waals surface area (Å²) < 4.78 is 6.28. The molecule has 0 radical (unpaired) electrons. The Labute approximate surface area is 153 Å². The molecule has 0 bridgehead atoms. The van der Waals surface area contributed by atoms with Gasteiger partial charge in [0.15, 0.2) is 5.82 Å². The lowest BCUT2D eigenvalue weighted by Gasteiger charge is -2.17. The van der Waals surface area contributed by atoms with Crippen molar-refractivity contribution in [1.82, 2.24) is 20.1 Å². The zero-order valence-electron chi connectivity index (χ0n) is 14.0. The van der Waals surface area contributed by atoms with Crippen molar-refractivity contribution in [2.45, 2.75) is 12.5 Å². The lowest BCUT2D eigenvalue weighted by molar-refractivity contribution is -0.141. The van der Waals surface area contributed by atoms with Crippen LogP contribution in [0.4, 0.5) is 10.5 Å². The number of carbonyl (C=O) groups excluding carboxylic acids is 2. The number of carbonyl (C=O) groups is 2. The Morgan fingerprint density at radius 3 is 2.85 bits per heavy atom. The normalized spacial score (nSPS) is 11.6. The minimum Gasteiger partial charge on any atom is -0.469 e. The zero-order valence-corrected chi connectivity index (χ0v) is 14.8. The highest BCUT2D eigenvalue weighted by molar-refractivity contribution is 7.10. The van der Waals surface area contributed by atoms with E-state index in [-0.39, 0.29) is 6.42 Å². The molecule has 1 atom stereocenters. The van der Waals surface area contributed by atoms with Gasteiger partial charge < -0.3 is 15.4 Å². The van der Waals surface area contributed by atoms with Gasteiger partial charge in [-0.3, -0.25) is 4.79 Å². The van der Waals surface area contributed by atoms with Crippen LogP contribution in [0.25, 0.3) is 5.82 Å². The fourth-order valence-electron chi connectivity index (χ4n) is 2.35. The molecule has 0 saturated carbocycles. The van der Waals surface area contributed by atoms with E-state index in [0.717, 1.165) is 4.88 Å². The number of amides is 2. The maximum absolute atomic E-state index is 12.5. The van der Waals surface area contributed by atoms with Crippen LogP contribution in [0.15, 0.2) is 54.3 Å². The van der Waals surface area contributed by atoms with Crippen LogP contribution in [0, 0.1) is 0 Å². The van der Waals surface area contributed by atoms with Crippen LogP contribution < -0.4 is 10.6 Å². The Kier molecular flexibility index (Phi) is 5.59. The Hall–Kier alpha value is -3.20. The van der Waals surface area contributed by atoms with Gasteiger partial charge >= 0.3 is 12.0 Å². The molecule has 0 saturated heterocycles. The van der Waals surface area contributed by atoms with E-state index in [1.165, 1.54) is 18.4 Å². The molecule has 2 amide bonds. The van der Waals surface area contributed by atoms with Crippen molar-refractivity contribution in [3.63, 3.8) is 0 Å². The minimum absolute atomic E-state index is 0.0451. The van der Waals surface area contributed by atoms with Gasteiger partial charge in [0.05, 0.1) is 25.3 Å². The SMILES string of the molecule is COC(=O)CC(NC(=O)Nc1cccnc1-n1cccn1)c1cccs1. The summed E-state index contributed by atoms with van der Waals surface area (Å²) in [7, 11) is 1.32. The predicted octanol–water partition coefficient (Wildman–Crippen LogP) is 2.75. The molecule has 3 heterocycles. The Morgan fingerprint density at radius 1 is 1.27 bits per heavy atom. The third-order valence-corrected chi connectivity index (χ3v) is 4.53. The highest BCUT2D eigenvalue weighted by Gasteiger charge is 2.20. The van der Waals surface area contributed by atoms with Crippen LogP contribution in [0.5, 0.6) is 0 Å². The Morgan fingerprint density at radius 2 is 2.15 bits per heavy atom. The summed E-state index contributed by atoms with van der Waals surface area (Å²) in [5.41, 5.74) is 0.497. The fourth-order valence-corrected chi connectivity index (χ4v) is 3.13. The van der Waals surface area contributed by atoms with Crippen LogP contribution in [-0.2, 0) is 9.53 Å². The molecule has 0 aliphatic heterocycles. The van der Waals surface area contributed by atoms with E-state index in [4.69, 9.17) is 4.74 Å². The van der Waals surface area contributed by atoms with Gasteiger partial charge in [0.25, 0.3) is 0 Å². The van der Waals surface area contributed by atoms with E-state index in [2.05, 4.69) is 20.7 Å². The lowest BCUT2D eigenvalue weighted by atomic mass is 10.2. The van der Waals surface area contributed by atoms with E-state index >= 15 is 0 Å². The number of ether oxygens (including phenoxy) is 1. The molecule has 3 aromatic heterocycles. The van der Waals surface area contributed by atoms with E-state index in [0.29, 0.717) is 11.5 Å². The van der Waals surface area contributed by atoms with Crippen molar-refractivity contribution < 1.29 is 14.3 Å². The Balaban J connectivity index is 1.74. The number of pyridine rings is 1. The van der Waals surface area contributed by atoms with Gasteiger partial charge in [-0.2, -0.15) is 5.10 Å². The smallest absolute Gasteiger partial charge is 0.319 e. The number of nitrogens with one attached hydrogen (secondary N) is 2. The Bertz CT molecular complexity index is 864. The van der Waals surface area contributed by atoms with Crippen molar-refractivity contribution in [2.75, 3.05) is 12.4 Å². The second-order valence-corrected chi connectivity index (χ2v) is 6.25. The number of nitrogens with zero attached hydrogens (tertiary/aromatic N) is 3. The minimum atomic E-state index is -0.479. The van der Waals surface area contributed by atoms with Crippen LogP contribution in [0.3, 0.4) is 0 Å². The maximum atomic E-state index is 12.5. The highest BCUT2D eigenvalue weighted by atomic mass is 32.1. The summed E-state index contributed by atoms with van der Waals surface area (Å²) in [6.45, 7) is 0. The van der Waals surface area contributed by atoms with Gasteiger partial charge in [0, 0.05) is 23.5 Å². The van der Waals surface area contributed by atoms with Crippen molar-refractivity contribution >= 4 is 29.0 Å². The summed E-state index contributed by atoms with van der Waals surface area (Å²) in [6.07, 6.45) is 5.02. The van der Waals surface area contributed by atoms with Gasteiger partial charge in [-0.25, -0.2) is 14.5 Å². The first-order valence-electron chi connectivity index (χ1n) is 7.80. The monoisotopic (exact) mass is 371 g/mol. The number of hydrogen-bond donors (Lipinski definition) is 2. The van der Waals surface area contributed by atoms with E-state index in [1.807, 2.05) is 17.5 Å². The highest BCUT2D eigenvalue weighted by Crippen LogP contribution is 2.23. The molecule has 1 unspecified atom stereocenters. The molecule has 8 nitrogen and oxygen atoms in total. The lowest BCUT2D eigenvalue weighted by Crippen LogP contribution is -2.34. The average molecular weight is 371 g/mol. The largest absolute Gasteiger partial charge is 0.469 e. The third-order valence-electron chi connectivity index (χ3n) is 3.55. The van der Waals surface area contributed by atoms with Crippen LogP contribution in [0.2, 0.25) is 0 Å². The molecular weight excluding hydrogens is 354 g/mol. The molecule has 3 rings (SSSR count). The number of urea groups is 1. The number of hydrogen-bond acceptors (Lipinski definition) is 6. The predicted molar refractivity (Wildman–Crippen MR) is 97.2 cm³/mol. The molecule has 9 heteroatoms. The maximum Gasteiger partial charge on any atom is 0.319 e. The van der Waals surface area contributed by atoms with Gasteiger partial charge in [0.2, 0.25) is 0 Å². The molecule has 0 aliphatic rings. The summed E-state index contributed by atoms with van der Waals surface area (Å²) in [5.74, 6) is 0.0931. The molecule has 134 valence electrons. The number of thiophene rings is 1. The van der Waals surface area contributed by atoms with Gasteiger partial charge in [-0.15, -0.1) is 11.3 Å². The van der Waals surface area contributed by atoms with Crippen molar-refractivity contribution in [2.24, 2.45) is 0 Å². The standard InChI is InChI=1S/C17H17N5O3S/c1-25-15(23)11-13(14-6-3-10-26-14)21-17(24)20-12-5-2-7-18-16(12)22-9-4-8-19-22/h2-10,13H,11H2,1H3,(H2,20,21,24). The molecule has 0 fully saturated rings. The number of esters is 1. The number of rotatable bonds is 6. The third kappa shape index (κ3) is 4.25. The molecular formula is C17H17N5O3S. The van der Waals surface area contributed by atoms with E-state index in [9.17, 15) is 9.59 Å². The van der Waals surface area contributed by atoms with E-state index in [1.54, 1.807) is 41.5 Å². The van der Waals surface area contributed by atoms with Gasteiger partial charge in [0.1, 0.15) is 0 Å². The number of anilines is 1. The molecule has 26 heavy (non-hydrogen) atoms. The van der Waals surface area contributed by atoms with Gasteiger partial charge in [-0.1, -0.05) is 6.07 Å². The first-order chi connectivity index (χ1) is 12.7. The number of aromatic nitrogens is 3. The topological polar surface area (TPSA) is 98.1 Å².